The van der Waals surface area contributed by atoms with Crippen molar-refractivity contribution in [1.29, 1.82) is 0 Å². The molecule has 9 heteroatoms. The van der Waals surface area contributed by atoms with Gasteiger partial charge in [-0.25, -0.2) is 9.29 Å². The Kier molecular flexibility index (Phi) is 5.45. The lowest BCUT2D eigenvalue weighted by Gasteiger charge is -2.35. The normalized spacial score (nSPS) is 24.1. The van der Waals surface area contributed by atoms with Crippen LogP contribution in [0.25, 0.3) is 6.08 Å². The fourth-order valence-corrected chi connectivity index (χ4v) is 6.26. The molecule has 0 aliphatic carbocycles. The highest BCUT2D eigenvalue weighted by Gasteiger charge is 2.64. The Morgan fingerprint density at radius 3 is 2.36 bits per heavy atom. The van der Waals surface area contributed by atoms with Crippen molar-refractivity contribution < 1.29 is 18.8 Å². The molecule has 3 aliphatic heterocycles. The summed E-state index contributed by atoms with van der Waals surface area (Å²) in [4.78, 5) is 44.4. The van der Waals surface area contributed by atoms with E-state index in [4.69, 9.17) is 34.8 Å². The van der Waals surface area contributed by atoms with E-state index in [0.29, 0.717) is 5.02 Å². The van der Waals surface area contributed by atoms with Gasteiger partial charge in [0.25, 0.3) is 0 Å². The van der Waals surface area contributed by atoms with Gasteiger partial charge in [0.05, 0.1) is 33.6 Å². The topological polar surface area (TPSA) is 57.7 Å². The second kappa shape index (κ2) is 8.44. The zero-order valence-electron chi connectivity index (χ0n) is 18.4. The van der Waals surface area contributed by atoms with Crippen LogP contribution in [0.15, 0.2) is 66.9 Å². The second-order valence-electron chi connectivity index (χ2n) is 8.93. The fourth-order valence-electron chi connectivity index (χ4n) is 5.58. The minimum absolute atomic E-state index is 0.160. The minimum atomic E-state index is -0.986. The number of halogens is 4. The van der Waals surface area contributed by atoms with Gasteiger partial charge in [-0.3, -0.25) is 14.4 Å². The van der Waals surface area contributed by atoms with Gasteiger partial charge in [-0.15, -0.1) is 0 Å². The van der Waals surface area contributed by atoms with E-state index in [0.717, 1.165) is 22.1 Å². The molecule has 3 aromatic carbocycles. The van der Waals surface area contributed by atoms with Gasteiger partial charge in [0.1, 0.15) is 11.9 Å². The summed E-state index contributed by atoms with van der Waals surface area (Å²) in [5, 5.41) is 0.322. The van der Waals surface area contributed by atoms with Gasteiger partial charge in [-0.1, -0.05) is 59.1 Å². The highest BCUT2D eigenvalue weighted by atomic mass is 35.5. The molecule has 0 unspecified atom stereocenters. The number of benzene rings is 3. The third kappa shape index (κ3) is 3.32. The van der Waals surface area contributed by atoms with E-state index < -0.39 is 47.3 Å². The first-order chi connectivity index (χ1) is 17.3. The average Bonchev–Trinajstić information content (AvgIpc) is 3.33. The summed E-state index contributed by atoms with van der Waals surface area (Å²) in [6, 6.07) is 14.2. The van der Waals surface area contributed by atoms with Crippen molar-refractivity contribution in [3.05, 3.63) is 104 Å². The van der Waals surface area contributed by atoms with Crippen molar-refractivity contribution in [3.63, 3.8) is 0 Å². The predicted octanol–water partition coefficient (Wildman–Crippen LogP) is 6.18. The van der Waals surface area contributed by atoms with Crippen molar-refractivity contribution in [3.8, 4) is 0 Å². The van der Waals surface area contributed by atoms with E-state index in [9.17, 15) is 18.8 Å². The Morgan fingerprint density at radius 1 is 0.861 bits per heavy atom. The number of imide groups is 1. The number of hydrogen-bond acceptors (Lipinski definition) is 4. The van der Waals surface area contributed by atoms with Crippen LogP contribution in [-0.4, -0.2) is 28.5 Å². The first kappa shape index (κ1) is 23.2. The number of rotatable bonds is 3. The van der Waals surface area contributed by atoms with Gasteiger partial charge < -0.3 is 4.90 Å². The van der Waals surface area contributed by atoms with E-state index in [1.807, 2.05) is 30.3 Å². The molecular weight excluding hydrogens is 526 g/mol. The van der Waals surface area contributed by atoms with Crippen LogP contribution in [0, 0.1) is 17.7 Å². The Balaban J connectivity index is 1.51. The predicted molar refractivity (Wildman–Crippen MR) is 136 cm³/mol. The molecule has 2 fully saturated rings. The van der Waals surface area contributed by atoms with Gasteiger partial charge in [0.2, 0.25) is 11.8 Å². The average molecular weight is 542 g/mol. The highest BCUT2D eigenvalue weighted by Crippen LogP contribution is 2.54. The number of ketones is 1. The van der Waals surface area contributed by atoms with E-state index in [1.165, 1.54) is 24.3 Å². The van der Waals surface area contributed by atoms with Crippen LogP contribution in [0.5, 0.6) is 0 Å². The third-order valence-electron chi connectivity index (χ3n) is 7.09. The Hall–Kier alpha value is -3.19. The van der Waals surface area contributed by atoms with Gasteiger partial charge in [-0.05, 0) is 53.6 Å². The molecule has 0 saturated carbocycles. The molecule has 0 aromatic heterocycles. The molecule has 0 spiro atoms. The van der Waals surface area contributed by atoms with Crippen LogP contribution in [0.3, 0.4) is 0 Å². The minimum Gasteiger partial charge on any atom is -0.358 e. The number of fused-ring (bicyclic) bond motifs is 5. The number of Topliss-reactive ketones (excluding diaryl/α,β-unsaturated/α-hetero) is 1. The monoisotopic (exact) mass is 540 g/mol. The lowest BCUT2D eigenvalue weighted by molar-refractivity contribution is -0.123. The van der Waals surface area contributed by atoms with Crippen LogP contribution in [-0.2, 0) is 9.59 Å². The number of carbonyl (C=O) groups excluding carboxylic acids is 3. The first-order valence-corrected chi connectivity index (χ1v) is 12.3. The lowest BCUT2D eigenvalue weighted by Crippen LogP contribution is -2.44. The van der Waals surface area contributed by atoms with E-state index in [1.54, 1.807) is 17.2 Å². The Labute approximate surface area is 220 Å². The fraction of sp³-hybridized carbons (Fsp3) is 0.148. The highest BCUT2D eigenvalue weighted by molar-refractivity contribution is 6.37. The zero-order valence-corrected chi connectivity index (χ0v) is 20.6. The molecule has 6 rings (SSSR count). The molecule has 0 radical (unpaired) electrons. The van der Waals surface area contributed by atoms with Crippen molar-refractivity contribution in [1.82, 2.24) is 4.90 Å². The van der Waals surface area contributed by atoms with Gasteiger partial charge in [0, 0.05) is 16.8 Å². The molecule has 3 aliphatic rings. The summed E-state index contributed by atoms with van der Waals surface area (Å²) in [5.41, 5.74) is 2.11. The number of anilines is 1. The molecule has 2 amide bonds. The summed E-state index contributed by atoms with van der Waals surface area (Å²) < 4.78 is 13.8. The largest absolute Gasteiger partial charge is 0.358 e. The maximum atomic E-state index is 13.9. The molecule has 0 bridgehead atoms. The molecule has 0 N–H and O–H groups in total. The molecule has 3 aromatic rings. The van der Waals surface area contributed by atoms with Crippen LogP contribution < -0.4 is 4.90 Å². The SMILES string of the molecule is O=C(c1ccc(Cl)cc1Cl)[C@@H]1[C@@H]2C(=O)N(c3ccc(F)c(Cl)c3)C(=O)[C@@H]2[C@@H]2c3ccccc3C=CN12. The van der Waals surface area contributed by atoms with Crippen molar-refractivity contribution in [2.75, 3.05) is 4.90 Å². The van der Waals surface area contributed by atoms with E-state index in [2.05, 4.69) is 0 Å². The van der Waals surface area contributed by atoms with Gasteiger partial charge in [-0.2, -0.15) is 0 Å². The van der Waals surface area contributed by atoms with E-state index >= 15 is 0 Å². The maximum absolute atomic E-state index is 13.9. The van der Waals surface area contributed by atoms with Gasteiger partial charge in [0.15, 0.2) is 5.78 Å². The number of amides is 2. The smallest absolute Gasteiger partial charge is 0.240 e. The standard InChI is InChI=1S/C27H16Cl3FN2O3/c28-14-5-7-17(18(29)11-14)25(34)24-22-21(23-16-4-2-1-3-13(16)9-10-32(23)24)26(35)33(27(22)36)15-6-8-20(31)19(30)12-15/h1-12,21-24H/t21-,22+,23-,24-/m0/s1. The zero-order chi connectivity index (χ0) is 25.3. The quantitative estimate of drug-likeness (QED) is 0.293. The molecule has 5 nitrogen and oxygen atoms in total. The summed E-state index contributed by atoms with van der Waals surface area (Å²) >= 11 is 18.4. The van der Waals surface area contributed by atoms with Crippen LogP contribution in [0.2, 0.25) is 15.1 Å². The van der Waals surface area contributed by atoms with Crippen molar-refractivity contribution >= 4 is 64.2 Å². The summed E-state index contributed by atoms with van der Waals surface area (Å²) in [5.74, 6) is -3.89. The number of carbonyl (C=O) groups is 3. The first-order valence-electron chi connectivity index (χ1n) is 11.1. The van der Waals surface area contributed by atoms with Crippen LogP contribution >= 0.6 is 34.8 Å². The maximum Gasteiger partial charge on any atom is 0.240 e. The number of hydrogen-bond donors (Lipinski definition) is 0. The molecule has 4 atom stereocenters. The molecule has 180 valence electrons. The molecule has 3 heterocycles. The van der Waals surface area contributed by atoms with Gasteiger partial charge >= 0.3 is 0 Å². The summed E-state index contributed by atoms with van der Waals surface area (Å²) in [6.45, 7) is 0. The molecule has 36 heavy (non-hydrogen) atoms. The Morgan fingerprint density at radius 2 is 1.61 bits per heavy atom. The summed E-state index contributed by atoms with van der Waals surface area (Å²) in [7, 11) is 0. The Bertz CT molecular complexity index is 1510. The van der Waals surface area contributed by atoms with E-state index in [-0.39, 0.29) is 21.3 Å². The molecule has 2 saturated heterocycles. The summed E-state index contributed by atoms with van der Waals surface area (Å²) in [6.07, 6.45) is 3.63. The third-order valence-corrected chi connectivity index (χ3v) is 7.93. The molecular formula is C27H16Cl3FN2O3. The second-order valence-corrected chi connectivity index (χ2v) is 10.2. The van der Waals surface area contributed by atoms with Crippen molar-refractivity contribution in [2.45, 2.75) is 12.1 Å². The van der Waals surface area contributed by atoms with Crippen molar-refractivity contribution in [2.24, 2.45) is 11.8 Å². The number of nitrogens with zero attached hydrogens (tertiary/aromatic N) is 2. The lowest BCUT2D eigenvalue weighted by atomic mass is 9.83. The van der Waals surface area contributed by atoms with Crippen LogP contribution in [0.4, 0.5) is 10.1 Å². The van der Waals surface area contributed by atoms with Crippen LogP contribution in [0.1, 0.15) is 27.5 Å².